The Morgan fingerprint density at radius 3 is 2.60 bits per heavy atom. The highest BCUT2D eigenvalue weighted by Crippen LogP contribution is 2.15. The summed E-state index contributed by atoms with van der Waals surface area (Å²) in [4.78, 5) is 0. The molecule has 0 heterocycles. The number of halogens is 2. The fraction of sp³-hybridized carbons (Fsp3) is 0. The van der Waals surface area contributed by atoms with E-state index in [4.69, 9.17) is 0 Å². The van der Waals surface area contributed by atoms with Gasteiger partial charge in [0.15, 0.2) is 0 Å². The lowest BCUT2D eigenvalue weighted by Crippen LogP contribution is -1.76. The predicted molar refractivity (Wildman–Crippen MR) is 44.2 cm³/mol. The molecule has 1 aromatic rings. The van der Waals surface area contributed by atoms with Gasteiger partial charge < -0.3 is 0 Å². The van der Waals surface area contributed by atoms with Crippen LogP contribution in [-0.2, 0) is 0 Å². The highest BCUT2D eigenvalue weighted by molar-refractivity contribution is 9.10. The molecule has 0 aliphatic carbocycles. The van der Waals surface area contributed by atoms with Crippen molar-refractivity contribution in [3.05, 3.63) is 40.6 Å². The molecule has 0 nitrogen and oxygen atoms in total. The summed E-state index contributed by atoms with van der Waals surface area (Å²) in [7, 11) is 0. The minimum atomic E-state index is -0.246. The summed E-state index contributed by atoms with van der Waals surface area (Å²) < 4.78 is 13.3. The standard InChI is InChI=1S/C8H6BrF/c1-2-6-3-7(9)5-8(10)4-6/h2-5H,1H2. The molecule has 0 atom stereocenters. The molecule has 2 heteroatoms. The highest BCUT2D eigenvalue weighted by Gasteiger charge is 1.93. The molecule has 0 unspecified atom stereocenters. The van der Waals surface area contributed by atoms with Crippen LogP contribution in [-0.4, -0.2) is 0 Å². The summed E-state index contributed by atoms with van der Waals surface area (Å²) in [5, 5.41) is 0. The van der Waals surface area contributed by atoms with Crippen LogP contribution in [0.25, 0.3) is 6.08 Å². The number of hydrogen-bond acceptors (Lipinski definition) is 0. The van der Waals surface area contributed by atoms with Gasteiger partial charge in [-0.05, 0) is 23.8 Å². The smallest absolute Gasteiger partial charge is 0.124 e. The van der Waals surface area contributed by atoms with Crippen LogP contribution < -0.4 is 0 Å². The van der Waals surface area contributed by atoms with E-state index < -0.39 is 0 Å². The third-order valence-corrected chi connectivity index (χ3v) is 1.58. The fourth-order valence-corrected chi connectivity index (χ4v) is 1.18. The van der Waals surface area contributed by atoms with Gasteiger partial charge >= 0.3 is 0 Å². The van der Waals surface area contributed by atoms with Gasteiger partial charge in [-0.3, -0.25) is 0 Å². The Morgan fingerprint density at radius 2 is 2.10 bits per heavy atom. The molecule has 0 spiro atoms. The average Bonchev–Trinajstić information content (AvgIpc) is 1.85. The Labute approximate surface area is 67.5 Å². The van der Waals surface area contributed by atoms with Crippen LogP contribution in [0.3, 0.4) is 0 Å². The van der Waals surface area contributed by atoms with Gasteiger partial charge in [0, 0.05) is 4.47 Å². The Morgan fingerprint density at radius 1 is 1.40 bits per heavy atom. The molecule has 0 fully saturated rings. The first-order valence-corrected chi connectivity index (χ1v) is 3.60. The molecular weight excluding hydrogens is 195 g/mol. The molecule has 0 radical (unpaired) electrons. The third-order valence-electron chi connectivity index (χ3n) is 1.12. The number of hydrogen-bond donors (Lipinski definition) is 0. The van der Waals surface area contributed by atoms with Crippen LogP contribution in [0.2, 0.25) is 0 Å². The van der Waals surface area contributed by atoms with Crippen molar-refractivity contribution in [2.75, 3.05) is 0 Å². The van der Waals surface area contributed by atoms with E-state index in [1.165, 1.54) is 12.1 Å². The molecule has 1 aromatic carbocycles. The largest absolute Gasteiger partial charge is 0.207 e. The van der Waals surface area contributed by atoms with Crippen LogP contribution in [0, 0.1) is 5.82 Å². The van der Waals surface area contributed by atoms with Gasteiger partial charge in [-0.15, -0.1) is 0 Å². The van der Waals surface area contributed by atoms with Crippen molar-refractivity contribution in [2.24, 2.45) is 0 Å². The van der Waals surface area contributed by atoms with Crippen molar-refractivity contribution in [3.63, 3.8) is 0 Å². The second kappa shape index (κ2) is 2.97. The summed E-state index contributed by atoms with van der Waals surface area (Å²) >= 11 is 3.17. The topological polar surface area (TPSA) is 0 Å². The molecule has 0 saturated carbocycles. The summed E-state index contributed by atoms with van der Waals surface area (Å²) in [5.41, 5.74) is 0.784. The number of benzene rings is 1. The summed E-state index contributed by atoms with van der Waals surface area (Å²) in [5.74, 6) is -0.246. The third kappa shape index (κ3) is 1.67. The monoisotopic (exact) mass is 200 g/mol. The summed E-state index contributed by atoms with van der Waals surface area (Å²) in [6, 6.07) is 4.64. The Bertz CT molecular complexity index is 235. The quantitative estimate of drug-likeness (QED) is 0.654. The number of rotatable bonds is 1. The van der Waals surface area contributed by atoms with E-state index >= 15 is 0 Å². The van der Waals surface area contributed by atoms with Crippen LogP contribution in [0.1, 0.15) is 5.56 Å². The van der Waals surface area contributed by atoms with E-state index in [0.717, 1.165) is 10.0 Å². The molecule has 0 N–H and O–H groups in total. The molecule has 52 valence electrons. The molecule has 0 aliphatic heterocycles. The van der Waals surface area contributed by atoms with Crippen molar-refractivity contribution in [1.82, 2.24) is 0 Å². The summed E-state index contributed by atoms with van der Waals surface area (Å²) in [6.07, 6.45) is 1.60. The molecular formula is C8H6BrF. The molecule has 0 bridgehead atoms. The molecule has 0 aromatic heterocycles. The average molecular weight is 201 g/mol. The molecule has 10 heavy (non-hydrogen) atoms. The predicted octanol–water partition coefficient (Wildman–Crippen LogP) is 3.23. The highest BCUT2D eigenvalue weighted by atomic mass is 79.9. The molecule has 0 aliphatic rings. The van der Waals surface area contributed by atoms with Crippen LogP contribution in [0.4, 0.5) is 4.39 Å². The SMILES string of the molecule is C=Cc1cc(F)cc(Br)c1. The zero-order chi connectivity index (χ0) is 7.56. The zero-order valence-corrected chi connectivity index (χ0v) is 6.86. The minimum Gasteiger partial charge on any atom is -0.207 e. The van der Waals surface area contributed by atoms with Crippen molar-refractivity contribution in [1.29, 1.82) is 0 Å². The lowest BCUT2D eigenvalue weighted by molar-refractivity contribution is 0.626. The van der Waals surface area contributed by atoms with Gasteiger partial charge in [-0.2, -0.15) is 0 Å². The molecule has 0 amide bonds. The van der Waals surface area contributed by atoms with Gasteiger partial charge in [-0.25, -0.2) is 4.39 Å². The van der Waals surface area contributed by atoms with Gasteiger partial charge in [0.2, 0.25) is 0 Å². The summed E-state index contributed by atoms with van der Waals surface area (Å²) in [6.45, 7) is 3.53. The van der Waals surface area contributed by atoms with Gasteiger partial charge in [0.1, 0.15) is 5.82 Å². The van der Waals surface area contributed by atoms with Crippen molar-refractivity contribution < 1.29 is 4.39 Å². The van der Waals surface area contributed by atoms with Crippen LogP contribution in [0.15, 0.2) is 29.3 Å². The normalized spacial score (nSPS) is 9.40. The first-order valence-electron chi connectivity index (χ1n) is 2.81. The second-order valence-corrected chi connectivity index (χ2v) is 2.82. The maximum atomic E-state index is 12.5. The maximum absolute atomic E-state index is 12.5. The zero-order valence-electron chi connectivity index (χ0n) is 5.27. The van der Waals surface area contributed by atoms with Gasteiger partial charge in [-0.1, -0.05) is 28.6 Å². The van der Waals surface area contributed by atoms with Crippen LogP contribution in [0.5, 0.6) is 0 Å². The second-order valence-electron chi connectivity index (χ2n) is 1.91. The Hall–Kier alpha value is -0.630. The Balaban J connectivity index is 3.18. The minimum absolute atomic E-state index is 0.246. The molecule has 0 saturated heterocycles. The molecule has 1 rings (SSSR count). The van der Waals surface area contributed by atoms with E-state index in [1.807, 2.05) is 0 Å². The van der Waals surface area contributed by atoms with Gasteiger partial charge in [0.05, 0.1) is 0 Å². The Kier molecular flexibility index (Phi) is 2.22. The van der Waals surface area contributed by atoms with Gasteiger partial charge in [0.25, 0.3) is 0 Å². The lowest BCUT2D eigenvalue weighted by atomic mass is 10.2. The van der Waals surface area contributed by atoms with E-state index in [-0.39, 0.29) is 5.82 Å². The van der Waals surface area contributed by atoms with E-state index in [1.54, 1.807) is 12.1 Å². The van der Waals surface area contributed by atoms with E-state index in [0.29, 0.717) is 0 Å². The van der Waals surface area contributed by atoms with Crippen LogP contribution >= 0.6 is 15.9 Å². The fourth-order valence-electron chi connectivity index (χ4n) is 0.693. The first kappa shape index (κ1) is 7.48. The lowest BCUT2D eigenvalue weighted by Gasteiger charge is -1.94. The van der Waals surface area contributed by atoms with Crippen molar-refractivity contribution in [3.8, 4) is 0 Å². The van der Waals surface area contributed by atoms with Crippen molar-refractivity contribution in [2.45, 2.75) is 0 Å². The van der Waals surface area contributed by atoms with E-state index in [2.05, 4.69) is 22.5 Å². The maximum Gasteiger partial charge on any atom is 0.124 e. The van der Waals surface area contributed by atoms with Crippen molar-refractivity contribution >= 4 is 22.0 Å². The first-order chi connectivity index (χ1) is 4.72. The van der Waals surface area contributed by atoms with E-state index in [9.17, 15) is 4.39 Å².